The average Bonchev–Trinajstić information content (AvgIpc) is 2.41. The maximum Gasteiger partial charge on any atom is 0.179 e. The second-order valence-electron chi connectivity index (χ2n) is 4.12. The zero-order valence-electron chi connectivity index (χ0n) is 10.5. The van der Waals surface area contributed by atoms with Crippen LogP contribution >= 0.6 is 27.7 Å². The third-order valence-corrected chi connectivity index (χ3v) is 6.16. The van der Waals surface area contributed by atoms with Gasteiger partial charge in [0.1, 0.15) is 5.75 Å². The van der Waals surface area contributed by atoms with Crippen LogP contribution in [0.4, 0.5) is 0 Å². The van der Waals surface area contributed by atoms with E-state index in [1.54, 1.807) is 48.5 Å². The third kappa shape index (κ3) is 4.26. The van der Waals surface area contributed by atoms with Gasteiger partial charge in [0.05, 0.1) is 10.6 Å². The number of rotatable bonds is 5. The van der Waals surface area contributed by atoms with Gasteiger partial charge in [-0.3, -0.25) is 0 Å². The highest BCUT2D eigenvalue weighted by molar-refractivity contribution is 9.10. The topological polar surface area (TPSA) is 54.4 Å². The van der Waals surface area contributed by atoms with E-state index in [2.05, 4.69) is 15.9 Å². The van der Waals surface area contributed by atoms with Gasteiger partial charge in [0.25, 0.3) is 0 Å². The molecule has 2 aromatic carbocycles. The van der Waals surface area contributed by atoms with Crippen LogP contribution in [0.1, 0.15) is 0 Å². The Bertz CT molecular complexity index is 665. The van der Waals surface area contributed by atoms with Crippen molar-refractivity contribution >= 4 is 37.5 Å². The van der Waals surface area contributed by atoms with E-state index in [4.69, 9.17) is 0 Å². The lowest BCUT2D eigenvalue weighted by Crippen LogP contribution is -2.08. The van der Waals surface area contributed by atoms with Gasteiger partial charge in [-0.15, -0.1) is 11.8 Å². The van der Waals surface area contributed by atoms with Gasteiger partial charge in [0.15, 0.2) is 9.84 Å². The quantitative estimate of drug-likeness (QED) is 0.812. The van der Waals surface area contributed by atoms with Crippen molar-refractivity contribution < 1.29 is 13.5 Å². The first-order chi connectivity index (χ1) is 9.47. The van der Waals surface area contributed by atoms with Crippen LogP contribution in [0.25, 0.3) is 0 Å². The molecule has 0 amide bonds. The van der Waals surface area contributed by atoms with Crippen molar-refractivity contribution in [3.63, 3.8) is 0 Å². The molecule has 0 saturated carbocycles. The number of hydrogen-bond donors (Lipinski definition) is 1. The number of halogens is 1. The standard InChI is InChI=1S/C14H13BrO3S2/c15-11-1-7-14(8-2-11)20(17,18)10-9-19-13-5-3-12(16)4-6-13/h1-8,16H,9-10H2. The second kappa shape index (κ2) is 6.65. The Balaban J connectivity index is 1.96. The maximum absolute atomic E-state index is 12.1. The number of benzene rings is 2. The van der Waals surface area contributed by atoms with Crippen molar-refractivity contribution in [2.45, 2.75) is 9.79 Å². The summed E-state index contributed by atoms with van der Waals surface area (Å²) in [6, 6.07) is 13.4. The van der Waals surface area contributed by atoms with E-state index < -0.39 is 9.84 Å². The van der Waals surface area contributed by atoms with Gasteiger partial charge in [0, 0.05) is 15.1 Å². The van der Waals surface area contributed by atoms with Crippen molar-refractivity contribution in [1.29, 1.82) is 0 Å². The molecule has 1 N–H and O–H groups in total. The monoisotopic (exact) mass is 372 g/mol. The van der Waals surface area contributed by atoms with Gasteiger partial charge in [-0.25, -0.2) is 8.42 Å². The summed E-state index contributed by atoms with van der Waals surface area (Å²) in [4.78, 5) is 1.28. The first kappa shape index (κ1) is 15.4. The predicted molar refractivity (Wildman–Crippen MR) is 85.0 cm³/mol. The SMILES string of the molecule is O=S(=O)(CCSc1ccc(O)cc1)c1ccc(Br)cc1. The van der Waals surface area contributed by atoms with Crippen LogP contribution in [0.15, 0.2) is 62.8 Å². The Labute approximate surface area is 131 Å². The lowest BCUT2D eigenvalue weighted by molar-refractivity contribution is 0.475. The summed E-state index contributed by atoms with van der Waals surface area (Å²) in [6.45, 7) is 0. The molecule has 0 atom stereocenters. The minimum absolute atomic E-state index is 0.0835. The van der Waals surface area contributed by atoms with Crippen LogP contribution in [0, 0.1) is 0 Å². The molecule has 0 unspecified atom stereocenters. The first-order valence-corrected chi connectivity index (χ1v) is 9.31. The molecule has 2 rings (SSSR count). The van der Waals surface area contributed by atoms with Crippen molar-refractivity contribution in [3.8, 4) is 5.75 Å². The van der Waals surface area contributed by atoms with E-state index in [0.29, 0.717) is 10.6 Å². The summed E-state index contributed by atoms with van der Waals surface area (Å²) < 4.78 is 25.1. The van der Waals surface area contributed by atoms with Crippen LogP contribution in [0.5, 0.6) is 5.75 Å². The number of sulfone groups is 1. The highest BCUT2D eigenvalue weighted by atomic mass is 79.9. The van der Waals surface area contributed by atoms with Gasteiger partial charge >= 0.3 is 0 Å². The fraction of sp³-hybridized carbons (Fsp3) is 0.143. The number of aromatic hydroxyl groups is 1. The fourth-order valence-corrected chi connectivity index (χ4v) is 4.40. The molecule has 0 aliphatic rings. The van der Waals surface area contributed by atoms with Gasteiger partial charge in [-0.2, -0.15) is 0 Å². The van der Waals surface area contributed by atoms with Crippen LogP contribution in [-0.4, -0.2) is 25.0 Å². The lowest BCUT2D eigenvalue weighted by atomic mass is 10.3. The molecule has 0 spiro atoms. The molecule has 0 bridgehead atoms. The van der Waals surface area contributed by atoms with Crippen LogP contribution in [0.3, 0.4) is 0 Å². The van der Waals surface area contributed by atoms with Gasteiger partial charge in [0.2, 0.25) is 0 Å². The second-order valence-corrected chi connectivity index (χ2v) is 8.31. The molecular weight excluding hydrogens is 360 g/mol. The zero-order valence-corrected chi connectivity index (χ0v) is 13.7. The number of phenols is 1. The smallest absolute Gasteiger partial charge is 0.179 e. The molecule has 20 heavy (non-hydrogen) atoms. The summed E-state index contributed by atoms with van der Waals surface area (Å²) in [6.07, 6.45) is 0. The van der Waals surface area contributed by atoms with Gasteiger partial charge in [-0.1, -0.05) is 15.9 Å². The van der Waals surface area contributed by atoms with E-state index in [1.807, 2.05) is 0 Å². The summed E-state index contributed by atoms with van der Waals surface area (Å²) in [5.41, 5.74) is 0. The normalized spacial score (nSPS) is 11.4. The van der Waals surface area contributed by atoms with E-state index in [-0.39, 0.29) is 11.5 Å². The first-order valence-electron chi connectivity index (χ1n) is 5.87. The lowest BCUT2D eigenvalue weighted by Gasteiger charge is -2.05. The summed E-state index contributed by atoms with van der Waals surface area (Å²) in [7, 11) is -3.25. The third-order valence-electron chi connectivity index (χ3n) is 2.63. The average molecular weight is 373 g/mol. The Hall–Kier alpha value is -0.980. The number of hydrogen-bond acceptors (Lipinski definition) is 4. The van der Waals surface area contributed by atoms with Crippen molar-refractivity contribution in [2.75, 3.05) is 11.5 Å². The molecule has 0 saturated heterocycles. The fourth-order valence-electron chi connectivity index (χ4n) is 1.57. The van der Waals surface area contributed by atoms with Gasteiger partial charge in [-0.05, 0) is 48.5 Å². The number of thioether (sulfide) groups is 1. The minimum Gasteiger partial charge on any atom is -0.508 e. The summed E-state index contributed by atoms with van der Waals surface area (Å²) >= 11 is 4.74. The van der Waals surface area contributed by atoms with E-state index in [9.17, 15) is 13.5 Å². The number of phenolic OH excluding ortho intramolecular Hbond substituents is 1. The Morgan fingerprint density at radius 3 is 2.20 bits per heavy atom. The molecule has 0 fully saturated rings. The highest BCUT2D eigenvalue weighted by Gasteiger charge is 2.13. The maximum atomic E-state index is 12.1. The van der Waals surface area contributed by atoms with Crippen molar-refractivity contribution in [3.05, 3.63) is 53.0 Å². The molecule has 0 radical (unpaired) electrons. The molecule has 3 nitrogen and oxygen atoms in total. The van der Waals surface area contributed by atoms with Gasteiger partial charge < -0.3 is 5.11 Å². The van der Waals surface area contributed by atoms with E-state index >= 15 is 0 Å². The molecule has 0 heterocycles. The summed E-state index contributed by atoms with van der Waals surface area (Å²) in [5, 5.41) is 9.17. The van der Waals surface area contributed by atoms with Crippen LogP contribution in [-0.2, 0) is 9.84 Å². The van der Waals surface area contributed by atoms with Crippen LogP contribution in [0.2, 0.25) is 0 Å². The Morgan fingerprint density at radius 1 is 1.00 bits per heavy atom. The highest BCUT2D eigenvalue weighted by Crippen LogP contribution is 2.22. The molecular formula is C14H13BrO3S2. The predicted octanol–water partition coefficient (Wildman–Crippen LogP) is 3.72. The van der Waals surface area contributed by atoms with Crippen LogP contribution < -0.4 is 0 Å². The Morgan fingerprint density at radius 2 is 1.60 bits per heavy atom. The molecule has 0 aliphatic heterocycles. The molecule has 2 aromatic rings. The van der Waals surface area contributed by atoms with E-state index in [1.165, 1.54) is 11.8 Å². The van der Waals surface area contributed by atoms with Crippen molar-refractivity contribution in [1.82, 2.24) is 0 Å². The molecule has 0 aromatic heterocycles. The molecule has 106 valence electrons. The van der Waals surface area contributed by atoms with E-state index in [0.717, 1.165) is 9.37 Å². The zero-order chi connectivity index (χ0) is 14.6. The minimum atomic E-state index is -3.25. The van der Waals surface area contributed by atoms with Crippen molar-refractivity contribution in [2.24, 2.45) is 0 Å². The Kier molecular flexibility index (Phi) is 5.12. The largest absolute Gasteiger partial charge is 0.508 e. The molecule has 6 heteroatoms. The summed E-state index contributed by atoms with van der Waals surface area (Å²) in [5.74, 6) is 0.764. The molecule has 0 aliphatic carbocycles.